The number of benzene rings is 2. The van der Waals surface area contributed by atoms with Gasteiger partial charge in [-0.05, 0) is 42.7 Å². The number of aryl methyl sites for hydroxylation is 2. The number of hydrogen-bond acceptors (Lipinski definition) is 2. The maximum Gasteiger partial charge on any atom is 0.243 e. The Bertz CT molecular complexity index is 721. The summed E-state index contributed by atoms with van der Waals surface area (Å²) in [4.78, 5) is 25.9. The fourth-order valence-corrected chi connectivity index (χ4v) is 2.53. The average molecular weight is 345 g/mol. The summed E-state index contributed by atoms with van der Waals surface area (Å²) < 4.78 is 0. The van der Waals surface area contributed by atoms with Crippen LogP contribution in [0, 0.1) is 13.8 Å². The molecule has 0 saturated heterocycles. The highest BCUT2D eigenvalue weighted by atomic mass is 35.5. The Labute approximate surface area is 147 Å². The fourth-order valence-electron chi connectivity index (χ4n) is 2.41. The molecule has 0 aliphatic carbocycles. The first kappa shape index (κ1) is 18.0. The molecule has 0 fully saturated rings. The highest BCUT2D eigenvalue weighted by molar-refractivity contribution is 6.30. The van der Waals surface area contributed by atoms with Crippen LogP contribution in [0.25, 0.3) is 0 Å². The largest absolute Gasteiger partial charge is 0.336 e. The van der Waals surface area contributed by atoms with E-state index in [9.17, 15) is 9.59 Å². The van der Waals surface area contributed by atoms with Crippen molar-refractivity contribution in [1.29, 1.82) is 0 Å². The molecule has 2 aromatic rings. The molecule has 24 heavy (non-hydrogen) atoms. The van der Waals surface area contributed by atoms with Gasteiger partial charge in [0.15, 0.2) is 0 Å². The third-order valence-electron chi connectivity index (χ3n) is 3.82. The van der Waals surface area contributed by atoms with Crippen molar-refractivity contribution in [3.05, 3.63) is 64.2 Å². The summed E-state index contributed by atoms with van der Waals surface area (Å²) in [6.07, 6.45) is 0.240. The number of nitrogens with one attached hydrogen (secondary N) is 1. The zero-order valence-electron chi connectivity index (χ0n) is 14.1. The molecule has 0 aromatic heterocycles. The summed E-state index contributed by atoms with van der Waals surface area (Å²) in [6, 6.07) is 12.9. The van der Waals surface area contributed by atoms with Crippen LogP contribution in [0.2, 0.25) is 5.02 Å². The lowest BCUT2D eigenvalue weighted by atomic mass is 10.1. The topological polar surface area (TPSA) is 49.4 Å². The van der Waals surface area contributed by atoms with E-state index in [1.54, 1.807) is 19.2 Å². The van der Waals surface area contributed by atoms with Gasteiger partial charge in [0, 0.05) is 17.8 Å². The van der Waals surface area contributed by atoms with Gasteiger partial charge in [-0.15, -0.1) is 0 Å². The Kier molecular flexibility index (Phi) is 5.99. The molecule has 1 N–H and O–H groups in total. The van der Waals surface area contributed by atoms with Crippen molar-refractivity contribution >= 4 is 29.1 Å². The van der Waals surface area contributed by atoms with Gasteiger partial charge < -0.3 is 10.2 Å². The van der Waals surface area contributed by atoms with Crippen molar-refractivity contribution in [1.82, 2.24) is 4.90 Å². The van der Waals surface area contributed by atoms with Gasteiger partial charge in [-0.25, -0.2) is 0 Å². The van der Waals surface area contributed by atoms with Gasteiger partial charge in [0.2, 0.25) is 11.8 Å². The molecule has 0 radical (unpaired) electrons. The Morgan fingerprint density at radius 2 is 1.62 bits per heavy atom. The van der Waals surface area contributed by atoms with E-state index >= 15 is 0 Å². The smallest absolute Gasteiger partial charge is 0.243 e. The molecular weight excluding hydrogens is 324 g/mol. The molecule has 126 valence electrons. The van der Waals surface area contributed by atoms with Crippen molar-refractivity contribution in [2.45, 2.75) is 20.3 Å². The number of amides is 2. The van der Waals surface area contributed by atoms with Gasteiger partial charge in [-0.2, -0.15) is 0 Å². The first-order chi connectivity index (χ1) is 11.4. The molecule has 2 aromatic carbocycles. The molecule has 4 nitrogen and oxygen atoms in total. The quantitative estimate of drug-likeness (QED) is 0.901. The van der Waals surface area contributed by atoms with Crippen molar-refractivity contribution < 1.29 is 9.59 Å². The predicted octanol–water partition coefficient (Wildman–Crippen LogP) is 3.60. The van der Waals surface area contributed by atoms with Gasteiger partial charge in [0.1, 0.15) is 0 Å². The second-order valence-corrected chi connectivity index (χ2v) is 6.30. The molecular formula is C19H21ClN2O2. The third-order valence-corrected chi connectivity index (χ3v) is 4.07. The maximum atomic E-state index is 12.2. The van der Waals surface area contributed by atoms with E-state index in [-0.39, 0.29) is 24.8 Å². The molecule has 0 atom stereocenters. The van der Waals surface area contributed by atoms with Crippen molar-refractivity contribution in [2.24, 2.45) is 0 Å². The van der Waals surface area contributed by atoms with Gasteiger partial charge in [-0.1, -0.05) is 41.9 Å². The normalized spacial score (nSPS) is 10.3. The summed E-state index contributed by atoms with van der Waals surface area (Å²) in [5.74, 6) is -0.326. The number of halogens is 1. The molecule has 2 rings (SSSR count). The van der Waals surface area contributed by atoms with E-state index in [1.807, 2.05) is 44.2 Å². The van der Waals surface area contributed by atoms with Gasteiger partial charge in [0.05, 0.1) is 13.0 Å². The van der Waals surface area contributed by atoms with Crippen LogP contribution < -0.4 is 5.32 Å². The van der Waals surface area contributed by atoms with Gasteiger partial charge in [0.25, 0.3) is 0 Å². The van der Waals surface area contributed by atoms with Crippen LogP contribution in [0.3, 0.4) is 0 Å². The minimum absolute atomic E-state index is 0.0141. The fraction of sp³-hybridized carbons (Fsp3) is 0.263. The van der Waals surface area contributed by atoms with Crippen LogP contribution in [0.5, 0.6) is 0 Å². The van der Waals surface area contributed by atoms with E-state index in [0.29, 0.717) is 5.02 Å². The minimum atomic E-state index is -0.209. The highest BCUT2D eigenvalue weighted by Crippen LogP contribution is 2.19. The van der Waals surface area contributed by atoms with Crippen molar-refractivity contribution in [3.63, 3.8) is 0 Å². The second kappa shape index (κ2) is 7.97. The lowest BCUT2D eigenvalue weighted by molar-refractivity contribution is -0.132. The second-order valence-electron chi connectivity index (χ2n) is 5.87. The predicted molar refractivity (Wildman–Crippen MR) is 97.3 cm³/mol. The lowest BCUT2D eigenvalue weighted by Crippen LogP contribution is -2.36. The van der Waals surface area contributed by atoms with E-state index in [4.69, 9.17) is 11.6 Å². The Morgan fingerprint density at radius 1 is 1.04 bits per heavy atom. The number of carbonyl (C=O) groups excluding carboxylic acids is 2. The molecule has 0 unspecified atom stereocenters. The Hall–Kier alpha value is -2.33. The molecule has 0 saturated carbocycles. The van der Waals surface area contributed by atoms with Crippen LogP contribution >= 0.6 is 11.6 Å². The number of nitrogens with zero attached hydrogens (tertiary/aromatic N) is 1. The lowest BCUT2D eigenvalue weighted by Gasteiger charge is -2.18. The van der Waals surface area contributed by atoms with Crippen LogP contribution in [-0.2, 0) is 16.0 Å². The number of likely N-dealkylation sites (N-methyl/N-ethyl adjacent to an activating group) is 1. The van der Waals surface area contributed by atoms with Gasteiger partial charge >= 0.3 is 0 Å². The number of para-hydroxylation sites is 1. The van der Waals surface area contributed by atoms with Crippen molar-refractivity contribution in [3.8, 4) is 0 Å². The average Bonchev–Trinajstić information content (AvgIpc) is 2.53. The van der Waals surface area contributed by atoms with E-state index < -0.39 is 0 Å². The van der Waals surface area contributed by atoms with Crippen molar-refractivity contribution in [2.75, 3.05) is 18.9 Å². The zero-order valence-corrected chi connectivity index (χ0v) is 14.9. The number of carbonyl (C=O) groups is 2. The van der Waals surface area contributed by atoms with E-state index in [0.717, 1.165) is 22.4 Å². The van der Waals surface area contributed by atoms with Crippen LogP contribution in [0.15, 0.2) is 42.5 Å². The Morgan fingerprint density at radius 3 is 2.21 bits per heavy atom. The third kappa shape index (κ3) is 4.83. The molecule has 0 spiro atoms. The van der Waals surface area contributed by atoms with Crippen LogP contribution in [-0.4, -0.2) is 30.3 Å². The molecule has 0 heterocycles. The van der Waals surface area contributed by atoms with Gasteiger partial charge in [-0.3, -0.25) is 9.59 Å². The number of hydrogen-bond donors (Lipinski definition) is 1. The first-order valence-electron chi connectivity index (χ1n) is 7.71. The SMILES string of the molecule is Cc1cccc(C)c1NC(=O)CN(C)C(=O)Cc1ccc(Cl)cc1. The molecule has 0 bridgehead atoms. The Balaban J connectivity index is 1.93. The summed E-state index contributed by atoms with van der Waals surface area (Å²) >= 11 is 5.83. The maximum absolute atomic E-state index is 12.2. The highest BCUT2D eigenvalue weighted by Gasteiger charge is 2.15. The summed E-state index contributed by atoms with van der Waals surface area (Å²) in [5, 5.41) is 3.52. The summed E-state index contributed by atoms with van der Waals surface area (Å²) in [7, 11) is 1.63. The molecule has 0 aliphatic rings. The molecule has 2 amide bonds. The number of rotatable bonds is 5. The minimum Gasteiger partial charge on any atom is -0.336 e. The first-order valence-corrected chi connectivity index (χ1v) is 8.09. The summed E-state index contributed by atoms with van der Waals surface area (Å²) in [6.45, 7) is 3.90. The zero-order chi connectivity index (χ0) is 17.7. The standard InChI is InChI=1S/C19H21ClN2O2/c1-13-5-4-6-14(2)19(13)21-17(23)12-22(3)18(24)11-15-7-9-16(20)10-8-15/h4-10H,11-12H2,1-3H3,(H,21,23). The van der Waals surface area contributed by atoms with Crippen LogP contribution in [0.4, 0.5) is 5.69 Å². The number of anilines is 1. The monoisotopic (exact) mass is 344 g/mol. The summed E-state index contributed by atoms with van der Waals surface area (Å²) in [5.41, 5.74) is 3.67. The molecule has 5 heteroatoms. The van der Waals surface area contributed by atoms with E-state index in [2.05, 4.69) is 5.32 Å². The van der Waals surface area contributed by atoms with Crippen LogP contribution in [0.1, 0.15) is 16.7 Å². The molecule has 0 aliphatic heterocycles. The van der Waals surface area contributed by atoms with E-state index in [1.165, 1.54) is 4.90 Å².